The highest BCUT2D eigenvalue weighted by atomic mass is 16.3. The van der Waals surface area contributed by atoms with E-state index >= 15 is 0 Å². The zero-order valence-electron chi connectivity index (χ0n) is 11.6. The minimum absolute atomic E-state index is 0.0656. The van der Waals surface area contributed by atoms with Gasteiger partial charge in [-0.15, -0.1) is 0 Å². The first-order chi connectivity index (χ1) is 8.03. The van der Waals surface area contributed by atoms with Gasteiger partial charge in [0.25, 0.3) is 0 Å². The topological polar surface area (TPSA) is 61.4 Å². The predicted molar refractivity (Wildman–Crippen MR) is 71.0 cm³/mol. The molecule has 0 saturated heterocycles. The fourth-order valence-corrected chi connectivity index (χ4v) is 1.81. The number of rotatable bonds is 8. The normalized spacial score (nSPS) is 16.1. The Morgan fingerprint density at radius 2 is 1.82 bits per heavy atom. The number of nitrogens with one attached hydrogen (secondary N) is 2. The molecule has 3 unspecified atom stereocenters. The van der Waals surface area contributed by atoms with Crippen molar-refractivity contribution in [3.8, 4) is 0 Å². The van der Waals surface area contributed by atoms with E-state index in [1.807, 2.05) is 13.8 Å². The van der Waals surface area contributed by atoms with Gasteiger partial charge in [0, 0.05) is 18.7 Å². The molecule has 17 heavy (non-hydrogen) atoms. The minimum Gasteiger partial charge on any atom is -0.396 e. The largest absolute Gasteiger partial charge is 0.396 e. The number of urea groups is 1. The monoisotopic (exact) mass is 244 g/mol. The third-order valence-electron chi connectivity index (χ3n) is 3.14. The van der Waals surface area contributed by atoms with Crippen LogP contribution in [0.25, 0.3) is 0 Å². The van der Waals surface area contributed by atoms with E-state index in [9.17, 15) is 4.79 Å². The SMILES string of the molecule is CCC(C)CC(C)NC(=O)NC(CC)CCO. The summed E-state index contributed by atoms with van der Waals surface area (Å²) in [7, 11) is 0. The van der Waals surface area contributed by atoms with E-state index in [1.54, 1.807) is 0 Å². The third-order valence-corrected chi connectivity index (χ3v) is 3.14. The van der Waals surface area contributed by atoms with Crippen LogP contribution in [-0.2, 0) is 0 Å². The molecule has 0 aromatic rings. The van der Waals surface area contributed by atoms with Gasteiger partial charge in [-0.25, -0.2) is 4.79 Å². The Hall–Kier alpha value is -0.770. The number of hydrogen-bond acceptors (Lipinski definition) is 2. The summed E-state index contributed by atoms with van der Waals surface area (Å²) < 4.78 is 0. The highest BCUT2D eigenvalue weighted by Gasteiger charge is 2.13. The smallest absolute Gasteiger partial charge is 0.315 e. The summed E-state index contributed by atoms with van der Waals surface area (Å²) in [5, 5.41) is 14.7. The van der Waals surface area contributed by atoms with Crippen LogP contribution in [0.5, 0.6) is 0 Å². The van der Waals surface area contributed by atoms with Gasteiger partial charge in [-0.1, -0.05) is 27.2 Å². The maximum absolute atomic E-state index is 11.7. The van der Waals surface area contributed by atoms with Crippen molar-refractivity contribution in [2.24, 2.45) is 5.92 Å². The lowest BCUT2D eigenvalue weighted by molar-refractivity contribution is 0.223. The van der Waals surface area contributed by atoms with Crippen molar-refractivity contribution in [2.75, 3.05) is 6.61 Å². The number of amides is 2. The van der Waals surface area contributed by atoms with Gasteiger partial charge in [0.2, 0.25) is 0 Å². The van der Waals surface area contributed by atoms with Gasteiger partial charge in [0.05, 0.1) is 0 Å². The van der Waals surface area contributed by atoms with Crippen molar-refractivity contribution in [1.29, 1.82) is 0 Å². The van der Waals surface area contributed by atoms with Crippen molar-refractivity contribution in [1.82, 2.24) is 10.6 Å². The Kier molecular flexibility index (Phi) is 8.86. The van der Waals surface area contributed by atoms with Crippen LogP contribution in [-0.4, -0.2) is 29.8 Å². The molecule has 0 aliphatic heterocycles. The molecule has 4 nitrogen and oxygen atoms in total. The fourth-order valence-electron chi connectivity index (χ4n) is 1.81. The Morgan fingerprint density at radius 1 is 1.18 bits per heavy atom. The van der Waals surface area contributed by atoms with E-state index in [0.717, 1.165) is 19.3 Å². The second-order valence-electron chi connectivity index (χ2n) is 4.89. The molecule has 0 heterocycles. The average Bonchev–Trinajstić information content (AvgIpc) is 2.27. The van der Waals surface area contributed by atoms with Gasteiger partial charge < -0.3 is 15.7 Å². The second-order valence-corrected chi connectivity index (χ2v) is 4.89. The molecule has 4 heteroatoms. The molecule has 3 atom stereocenters. The van der Waals surface area contributed by atoms with Gasteiger partial charge >= 0.3 is 6.03 Å². The van der Waals surface area contributed by atoms with Crippen LogP contribution >= 0.6 is 0 Å². The van der Waals surface area contributed by atoms with Gasteiger partial charge in [-0.05, 0) is 32.1 Å². The summed E-state index contributed by atoms with van der Waals surface area (Å²) in [6.07, 6.45) is 3.59. The molecule has 3 N–H and O–H groups in total. The molecule has 0 aliphatic rings. The van der Waals surface area contributed by atoms with Gasteiger partial charge in [0.1, 0.15) is 0 Å². The Morgan fingerprint density at radius 3 is 2.29 bits per heavy atom. The molecular weight excluding hydrogens is 216 g/mol. The number of aliphatic hydroxyl groups excluding tert-OH is 1. The number of carbonyl (C=O) groups is 1. The predicted octanol–water partition coefficient (Wildman–Crippen LogP) is 2.27. The Balaban J connectivity index is 3.90. The molecular formula is C13H28N2O2. The lowest BCUT2D eigenvalue weighted by Gasteiger charge is -2.21. The molecule has 0 rings (SSSR count). The van der Waals surface area contributed by atoms with Crippen LogP contribution in [0.4, 0.5) is 4.79 Å². The quantitative estimate of drug-likeness (QED) is 0.613. The zero-order chi connectivity index (χ0) is 13.3. The molecule has 0 saturated carbocycles. The van der Waals surface area contributed by atoms with E-state index in [4.69, 9.17) is 5.11 Å². The lowest BCUT2D eigenvalue weighted by Crippen LogP contribution is -2.45. The molecule has 0 aliphatic carbocycles. The summed E-state index contributed by atoms with van der Waals surface area (Å²) in [5.41, 5.74) is 0. The van der Waals surface area contributed by atoms with Crippen LogP contribution in [0.1, 0.15) is 53.4 Å². The second kappa shape index (κ2) is 9.28. The molecule has 0 radical (unpaired) electrons. The number of aliphatic hydroxyl groups is 1. The minimum atomic E-state index is -0.124. The van der Waals surface area contributed by atoms with E-state index in [0.29, 0.717) is 12.3 Å². The maximum atomic E-state index is 11.7. The molecule has 0 aromatic carbocycles. The van der Waals surface area contributed by atoms with E-state index in [1.165, 1.54) is 0 Å². The van der Waals surface area contributed by atoms with Crippen LogP contribution < -0.4 is 10.6 Å². The van der Waals surface area contributed by atoms with Crippen LogP contribution in [0, 0.1) is 5.92 Å². The van der Waals surface area contributed by atoms with Crippen molar-refractivity contribution in [3.63, 3.8) is 0 Å². The van der Waals surface area contributed by atoms with E-state index in [-0.39, 0.29) is 24.7 Å². The third kappa shape index (κ3) is 8.02. The van der Waals surface area contributed by atoms with Gasteiger partial charge in [0.15, 0.2) is 0 Å². The molecule has 0 aromatic heterocycles. The summed E-state index contributed by atoms with van der Waals surface area (Å²) in [6.45, 7) is 8.49. The summed E-state index contributed by atoms with van der Waals surface area (Å²) in [5.74, 6) is 0.629. The molecule has 0 fully saturated rings. The zero-order valence-corrected chi connectivity index (χ0v) is 11.6. The highest BCUT2D eigenvalue weighted by molar-refractivity contribution is 5.74. The van der Waals surface area contributed by atoms with E-state index < -0.39 is 0 Å². The number of hydrogen-bond donors (Lipinski definition) is 3. The summed E-state index contributed by atoms with van der Waals surface area (Å²) in [4.78, 5) is 11.7. The van der Waals surface area contributed by atoms with E-state index in [2.05, 4.69) is 24.5 Å². The standard InChI is InChI=1S/C13H28N2O2/c1-5-10(3)9-11(4)14-13(17)15-12(6-2)7-8-16/h10-12,16H,5-9H2,1-4H3,(H2,14,15,17). The summed E-state index contributed by atoms with van der Waals surface area (Å²) in [6, 6.07) is 0.133. The van der Waals surface area contributed by atoms with Gasteiger partial charge in [-0.3, -0.25) is 0 Å². The first-order valence-corrected chi connectivity index (χ1v) is 6.71. The maximum Gasteiger partial charge on any atom is 0.315 e. The van der Waals surface area contributed by atoms with Crippen LogP contribution in [0.15, 0.2) is 0 Å². The molecule has 0 spiro atoms. The van der Waals surface area contributed by atoms with Crippen molar-refractivity contribution >= 4 is 6.03 Å². The Labute approximate surface area is 105 Å². The molecule has 2 amide bonds. The van der Waals surface area contributed by atoms with Crippen molar-refractivity contribution in [2.45, 2.75) is 65.5 Å². The van der Waals surface area contributed by atoms with Crippen LogP contribution in [0.3, 0.4) is 0 Å². The molecule has 102 valence electrons. The van der Waals surface area contributed by atoms with Crippen LogP contribution in [0.2, 0.25) is 0 Å². The summed E-state index contributed by atoms with van der Waals surface area (Å²) >= 11 is 0. The average molecular weight is 244 g/mol. The number of carbonyl (C=O) groups excluding carboxylic acids is 1. The van der Waals surface area contributed by atoms with Crippen molar-refractivity contribution < 1.29 is 9.90 Å². The lowest BCUT2D eigenvalue weighted by atomic mass is 10.0. The fraction of sp³-hybridized carbons (Fsp3) is 0.923. The first kappa shape index (κ1) is 16.2. The van der Waals surface area contributed by atoms with Crippen molar-refractivity contribution in [3.05, 3.63) is 0 Å². The highest BCUT2D eigenvalue weighted by Crippen LogP contribution is 2.09. The van der Waals surface area contributed by atoms with Gasteiger partial charge in [-0.2, -0.15) is 0 Å². The first-order valence-electron chi connectivity index (χ1n) is 6.71. The molecule has 0 bridgehead atoms. The Bertz CT molecular complexity index is 210.